The quantitative estimate of drug-likeness (QED) is 0.925. The maximum absolute atomic E-state index is 12.6. The molecule has 2 aromatic rings. The molecule has 0 aliphatic carbocycles. The number of amides is 1. The van der Waals surface area contributed by atoms with Crippen molar-refractivity contribution in [2.75, 3.05) is 31.6 Å². The molecule has 24 heavy (non-hydrogen) atoms. The van der Waals surface area contributed by atoms with Gasteiger partial charge in [0.05, 0.1) is 17.0 Å². The molecule has 1 amide bonds. The number of carbonyl (C=O) groups excluding carboxylic acids is 1. The number of aromatic nitrogens is 1. The Hall–Kier alpha value is -1.92. The van der Waals surface area contributed by atoms with Crippen LogP contribution in [-0.4, -0.2) is 53.2 Å². The number of likely N-dealkylation sites (N-methyl/N-ethyl adjacent to an activating group) is 1. The lowest BCUT2D eigenvalue weighted by atomic mass is 9.92. The van der Waals surface area contributed by atoms with Gasteiger partial charge in [0.1, 0.15) is 5.82 Å². The number of hydrogen-bond acceptors (Lipinski definition) is 5. The summed E-state index contributed by atoms with van der Waals surface area (Å²) in [7, 11) is 1.76. The van der Waals surface area contributed by atoms with Crippen LogP contribution in [0.15, 0.2) is 35.8 Å². The van der Waals surface area contributed by atoms with Crippen molar-refractivity contribution in [1.82, 2.24) is 9.88 Å². The van der Waals surface area contributed by atoms with Crippen LogP contribution in [0.2, 0.25) is 0 Å². The Morgan fingerprint density at radius 1 is 1.46 bits per heavy atom. The van der Waals surface area contributed by atoms with Gasteiger partial charge in [-0.3, -0.25) is 4.79 Å². The highest BCUT2D eigenvalue weighted by atomic mass is 32.1. The van der Waals surface area contributed by atoms with Crippen LogP contribution in [0.1, 0.15) is 28.1 Å². The summed E-state index contributed by atoms with van der Waals surface area (Å²) in [6.45, 7) is 3.63. The van der Waals surface area contributed by atoms with E-state index in [1.165, 1.54) is 11.3 Å². The molecule has 128 valence electrons. The second-order valence-corrected chi connectivity index (χ2v) is 7.45. The van der Waals surface area contributed by atoms with Crippen LogP contribution in [0.5, 0.6) is 0 Å². The normalized spacial score (nSPS) is 20.9. The number of pyridine rings is 1. The molecule has 0 bridgehead atoms. The number of rotatable bonds is 4. The lowest BCUT2D eigenvalue weighted by molar-refractivity contribution is -0.0000291. The van der Waals surface area contributed by atoms with Gasteiger partial charge < -0.3 is 14.9 Å². The van der Waals surface area contributed by atoms with Crippen LogP contribution in [0.3, 0.4) is 0 Å². The minimum absolute atomic E-state index is 0.0223. The summed E-state index contributed by atoms with van der Waals surface area (Å²) in [5, 5.41) is 13.0. The van der Waals surface area contributed by atoms with E-state index in [1.807, 2.05) is 36.6 Å². The number of aryl methyl sites for hydroxylation is 1. The zero-order chi connectivity index (χ0) is 17.2. The molecular weight excluding hydrogens is 322 g/mol. The van der Waals surface area contributed by atoms with E-state index in [-0.39, 0.29) is 5.91 Å². The second-order valence-electron chi connectivity index (χ2n) is 6.53. The lowest BCUT2D eigenvalue weighted by Crippen LogP contribution is -2.54. The Kier molecular flexibility index (Phi) is 4.87. The van der Waals surface area contributed by atoms with E-state index < -0.39 is 5.60 Å². The van der Waals surface area contributed by atoms with Gasteiger partial charge in [-0.05, 0) is 48.9 Å². The van der Waals surface area contributed by atoms with Gasteiger partial charge >= 0.3 is 0 Å². The molecule has 1 aliphatic heterocycles. The molecule has 0 saturated carbocycles. The van der Waals surface area contributed by atoms with Crippen molar-refractivity contribution in [2.45, 2.75) is 25.4 Å². The smallest absolute Gasteiger partial charge is 0.264 e. The van der Waals surface area contributed by atoms with Gasteiger partial charge in [-0.2, -0.15) is 0 Å². The number of hydrogen-bond donors (Lipinski definition) is 1. The number of carbonyl (C=O) groups is 1. The third-order valence-corrected chi connectivity index (χ3v) is 5.47. The van der Waals surface area contributed by atoms with Crippen LogP contribution < -0.4 is 4.90 Å². The predicted molar refractivity (Wildman–Crippen MR) is 96.7 cm³/mol. The molecule has 1 aliphatic rings. The number of nitrogens with zero attached hydrogens (tertiary/aromatic N) is 3. The summed E-state index contributed by atoms with van der Waals surface area (Å²) in [5.41, 5.74) is 0.0772. The highest BCUT2D eigenvalue weighted by Crippen LogP contribution is 2.26. The van der Waals surface area contributed by atoms with Gasteiger partial charge in [-0.1, -0.05) is 6.07 Å². The molecule has 0 spiro atoms. The van der Waals surface area contributed by atoms with Gasteiger partial charge in [0.15, 0.2) is 0 Å². The van der Waals surface area contributed by atoms with Crippen molar-refractivity contribution >= 4 is 23.1 Å². The number of piperidine rings is 1. The van der Waals surface area contributed by atoms with Gasteiger partial charge in [0, 0.05) is 26.3 Å². The van der Waals surface area contributed by atoms with E-state index in [9.17, 15) is 9.90 Å². The fourth-order valence-electron chi connectivity index (χ4n) is 3.26. The SMILES string of the molecule is Cc1ccsc1C(=O)N(C)C[C@]1(O)CCCN(c2ccccn2)C1. The Morgan fingerprint density at radius 3 is 2.96 bits per heavy atom. The molecule has 5 nitrogen and oxygen atoms in total. The summed E-state index contributed by atoms with van der Waals surface area (Å²) >= 11 is 1.45. The van der Waals surface area contributed by atoms with E-state index in [0.29, 0.717) is 19.5 Å². The van der Waals surface area contributed by atoms with Crippen LogP contribution in [0.4, 0.5) is 5.82 Å². The molecular formula is C18H23N3O2S. The van der Waals surface area contributed by atoms with Gasteiger partial charge in [0.25, 0.3) is 5.91 Å². The summed E-state index contributed by atoms with van der Waals surface area (Å²) < 4.78 is 0. The molecule has 3 rings (SSSR count). The second kappa shape index (κ2) is 6.91. The van der Waals surface area contributed by atoms with Crippen molar-refractivity contribution in [1.29, 1.82) is 0 Å². The third kappa shape index (κ3) is 3.60. The number of thiophene rings is 1. The van der Waals surface area contributed by atoms with E-state index in [2.05, 4.69) is 9.88 Å². The monoisotopic (exact) mass is 345 g/mol. The van der Waals surface area contributed by atoms with Crippen molar-refractivity contribution < 1.29 is 9.90 Å². The predicted octanol–water partition coefficient (Wildman–Crippen LogP) is 2.56. The van der Waals surface area contributed by atoms with Crippen LogP contribution in [0, 0.1) is 6.92 Å². The molecule has 6 heteroatoms. The molecule has 1 atom stereocenters. The first-order chi connectivity index (χ1) is 11.5. The lowest BCUT2D eigenvalue weighted by Gasteiger charge is -2.41. The Bertz CT molecular complexity index is 703. The standard InChI is InChI=1S/C18H23N3O2S/c1-14-7-11-24-16(14)17(22)20(2)12-18(23)8-5-10-21(13-18)15-6-3-4-9-19-15/h3-4,6-7,9,11,23H,5,8,10,12-13H2,1-2H3/t18-/m1/s1. The highest BCUT2D eigenvalue weighted by Gasteiger charge is 2.36. The highest BCUT2D eigenvalue weighted by molar-refractivity contribution is 7.12. The minimum Gasteiger partial charge on any atom is -0.386 e. The first kappa shape index (κ1) is 16.9. The third-order valence-electron chi connectivity index (χ3n) is 4.46. The summed E-state index contributed by atoms with van der Waals surface area (Å²) in [6, 6.07) is 7.74. The zero-order valence-corrected chi connectivity index (χ0v) is 14.9. The van der Waals surface area contributed by atoms with E-state index in [1.54, 1.807) is 18.1 Å². The first-order valence-electron chi connectivity index (χ1n) is 8.16. The van der Waals surface area contributed by atoms with Crippen molar-refractivity contribution in [3.63, 3.8) is 0 Å². The molecule has 1 fully saturated rings. The van der Waals surface area contributed by atoms with Crippen LogP contribution in [-0.2, 0) is 0 Å². The molecule has 0 radical (unpaired) electrons. The maximum Gasteiger partial charge on any atom is 0.264 e. The number of β-amino-alcohol motifs (C(OH)–C–C–N with tert-alkyl or cyclic N) is 1. The maximum atomic E-state index is 12.6. The largest absolute Gasteiger partial charge is 0.386 e. The van der Waals surface area contributed by atoms with Gasteiger partial charge in [-0.25, -0.2) is 4.98 Å². The summed E-state index contributed by atoms with van der Waals surface area (Å²) in [6.07, 6.45) is 3.34. The molecule has 0 unspecified atom stereocenters. The van der Waals surface area contributed by atoms with Crippen molar-refractivity contribution in [2.24, 2.45) is 0 Å². The van der Waals surface area contributed by atoms with E-state index in [4.69, 9.17) is 0 Å². The average molecular weight is 345 g/mol. The number of aliphatic hydroxyl groups is 1. The van der Waals surface area contributed by atoms with Gasteiger partial charge in [0.2, 0.25) is 0 Å². The Balaban J connectivity index is 1.69. The molecule has 1 N–H and O–H groups in total. The fraction of sp³-hybridized carbons (Fsp3) is 0.444. The minimum atomic E-state index is -0.911. The van der Waals surface area contributed by atoms with E-state index >= 15 is 0 Å². The average Bonchev–Trinajstić information content (AvgIpc) is 3.00. The van der Waals surface area contributed by atoms with Gasteiger partial charge in [-0.15, -0.1) is 11.3 Å². The zero-order valence-electron chi connectivity index (χ0n) is 14.1. The first-order valence-corrected chi connectivity index (χ1v) is 9.04. The van der Waals surface area contributed by atoms with Crippen LogP contribution in [0.25, 0.3) is 0 Å². The summed E-state index contributed by atoms with van der Waals surface area (Å²) in [5.74, 6) is 0.851. The van der Waals surface area contributed by atoms with Crippen LogP contribution >= 0.6 is 11.3 Å². The molecule has 1 saturated heterocycles. The molecule has 3 heterocycles. The van der Waals surface area contributed by atoms with Crippen molar-refractivity contribution in [3.05, 3.63) is 46.3 Å². The Labute approximate surface area is 146 Å². The van der Waals surface area contributed by atoms with E-state index in [0.717, 1.165) is 29.2 Å². The number of anilines is 1. The Morgan fingerprint density at radius 2 is 2.29 bits per heavy atom. The molecule has 2 aromatic heterocycles. The summed E-state index contributed by atoms with van der Waals surface area (Å²) in [4.78, 5) is 21.4. The topological polar surface area (TPSA) is 56.7 Å². The fourth-order valence-corrected chi connectivity index (χ4v) is 4.18. The van der Waals surface area contributed by atoms with Crippen molar-refractivity contribution in [3.8, 4) is 0 Å². The molecule has 0 aromatic carbocycles.